The molecule has 0 aliphatic carbocycles. The third kappa shape index (κ3) is 6.10. The number of nitrogens with one attached hydrogen (secondary N) is 1. The van der Waals surface area contributed by atoms with E-state index in [1.54, 1.807) is 28.2 Å². The molecule has 10 heteroatoms. The zero-order valence-electron chi connectivity index (χ0n) is 19.7. The van der Waals surface area contributed by atoms with Crippen molar-refractivity contribution in [1.29, 1.82) is 0 Å². The predicted molar refractivity (Wildman–Crippen MR) is 131 cm³/mol. The monoisotopic (exact) mass is 496 g/mol. The maximum Gasteiger partial charge on any atom is 0.243 e. The van der Waals surface area contributed by atoms with Gasteiger partial charge in [-0.15, -0.1) is 11.8 Å². The fraction of sp³-hybridized carbons (Fsp3) is 0.696. The Morgan fingerprint density at radius 1 is 1.18 bits per heavy atom. The predicted octanol–water partition coefficient (Wildman–Crippen LogP) is 2.17. The molecule has 3 aliphatic rings. The van der Waals surface area contributed by atoms with Crippen LogP contribution >= 0.6 is 11.8 Å². The number of carbonyl (C=O) groups excluding carboxylic acids is 1. The van der Waals surface area contributed by atoms with E-state index in [4.69, 9.17) is 4.74 Å². The Kier molecular flexibility index (Phi) is 8.35. The number of thioether (sulfide) groups is 1. The van der Waals surface area contributed by atoms with Crippen molar-refractivity contribution >= 4 is 33.4 Å². The van der Waals surface area contributed by atoms with Crippen LogP contribution in [-0.2, 0) is 19.6 Å². The number of ether oxygens (including phenoxy) is 1. The molecule has 0 spiro atoms. The first-order valence-corrected chi connectivity index (χ1v) is 14.4. The fourth-order valence-corrected chi connectivity index (χ4v) is 7.17. The Bertz CT molecular complexity index is 928. The van der Waals surface area contributed by atoms with E-state index in [1.165, 1.54) is 0 Å². The van der Waals surface area contributed by atoms with Gasteiger partial charge in [0.15, 0.2) is 0 Å². The second-order valence-corrected chi connectivity index (χ2v) is 12.3. The van der Waals surface area contributed by atoms with Crippen molar-refractivity contribution in [3.63, 3.8) is 0 Å². The number of carbonyl (C=O) groups is 1. The summed E-state index contributed by atoms with van der Waals surface area (Å²) < 4.78 is 33.6. The molecule has 1 aromatic rings. The molecule has 1 atom stereocenters. The zero-order chi connectivity index (χ0) is 23.4. The molecule has 0 radical (unpaired) electrons. The van der Waals surface area contributed by atoms with Crippen LogP contribution in [0.2, 0.25) is 0 Å². The first-order valence-electron chi connectivity index (χ1n) is 11.9. The summed E-state index contributed by atoms with van der Waals surface area (Å²) in [6, 6.07) is 5.52. The number of sulfonamides is 1. The van der Waals surface area contributed by atoms with E-state index < -0.39 is 10.0 Å². The van der Waals surface area contributed by atoms with Gasteiger partial charge in [-0.25, -0.2) is 8.42 Å². The number of rotatable bonds is 7. The summed E-state index contributed by atoms with van der Waals surface area (Å²) in [5.41, 5.74) is 0.602. The first-order chi connectivity index (χ1) is 15.8. The lowest BCUT2D eigenvalue weighted by Gasteiger charge is -2.36. The number of benzene rings is 1. The molecule has 1 aromatic carbocycles. The molecular weight excluding hydrogens is 460 g/mol. The van der Waals surface area contributed by atoms with Gasteiger partial charge >= 0.3 is 0 Å². The minimum absolute atomic E-state index is 0.0618. The van der Waals surface area contributed by atoms with Crippen LogP contribution in [0.5, 0.6) is 0 Å². The lowest BCUT2D eigenvalue weighted by atomic mass is 10.1. The maximum absolute atomic E-state index is 13.3. The highest BCUT2D eigenvalue weighted by Gasteiger charge is 2.32. The van der Waals surface area contributed by atoms with Crippen LogP contribution in [0.3, 0.4) is 0 Å². The second kappa shape index (κ2) is 11.0. The van der Waals surface area contributed by atoms with Gasteiger partial charge in [0.25, 0.3) is 0 Å². The molecule has 2 saturated heterocycles. The summed E-state index contributed by atoms with van der Waals surface area (Å²) in [5.74, 6) is 0.527. The normalized spacial score (nSPS) is 23.8. The van der Waals surface area contributed by atoms with E-state index in [-0.39, 0.29) is 16.7 Å². The molecule has 0 bridgehead atoms. The van der Waals surface area contributed by atoms with Crippen LogP contribution in [0.25, 0.3) is 0 Å². The lowest BCUT2D eigenvalue weighted by Crippen LogP contribution is -2.46. The van der Waals surface area contributed by atoms with E-state index in [9.17, 15) is 13.2 Å². The number of nitrogens with zero attached hydrogens (tertiary/aromatic N) is 3. The Balaban J connectivity index is 1.30. The molecule has 3 heterocycles. The third-order valence-electron chi connectivity index (χ3n) is 6.92. The zero-order valence-corrected chi connectivity index (χ0v) is 21.3. The van der Waals surface area contributed by atoms with Gasteiger partial charge in [-0.1, -0.05) is 6.92 Å². The summed E-state index contributed by atoms with van der Waals surface area (Å²) in [7, 11) is -1.43. The van der Waals surface area contributed by atoms with E-state index in [0.29, 0.717) is 30.6 Å². The van der Waals surface area contributed by atoms with Gasteiger partial charge in [0.2, 0.25) is 15.9 Å². The van der Waals surface area contributed by atoms with E-state index in [0.717, 1.165) is 63.6 Å². The highest BCUT2D eigenvalue weighted by Crippen LogP contribution is 2.35. The number of hydrogen-bond acceptors (Lipinski definition) is 7. The SMILES string of the molecule is CC1CSc2ccc(S(=O)(=O)N3CCC(N(C)CCCN4CCOCC4)CC3)cc2NC1=O. The number of amides is 1. The van der Waals surface area contributed by atoms with Crippen LogP contribution in [0, 0.1) is 5.92 Å². The van der Waals surface area contributed by atoms with Crippen molar-refractivity contribution in [2.45, 2.75) is 42.0 Å². The van der Waals surface area contributed by atoms with E-state index >= 15 is 0 Å². The van der Waals surface area contributed by atoms with Gasteiger partial charge in [0.05, 0.1) is 23.8 Å². The number of morpholine rings is 1. The summed E-state index contributed by atoms with van der Waals surface area (Å²) in [6.07, 6.45) is 2.79. The largest absolute Gasteiger partial charge is 0.379 e. The number of piperidine rings is 1. The van der Waals surface area contributed by atoms with Crippen molar-refractivity contribution in [3.8, 4) is 0 Å². The number of fused-ring (bicyclic) bond motifs is 1. The molecule has 0 saturated carbocycles. The summed E-state index contributed by atoms with van der Waals surface area (Å²) in [4.78, 5) is 18.2. The highest BCUT2D eigenvalue weighted by molar-refractivity contribution is 7.99. The third-order valence-corrected chi connectivity index (χ3v) is 10.1. The quantitative estimate of drug-likeness (QED) is 0.620. The fourth-order valence-electron chi connectivity index (χ4n) is 4.66. The molecular formula is C23H36N4O4S2. The Morgan fingerprint density at radius 2 is 1.91 bits per heavy atom. The molecule has 2 fully saturated rings. The van der Waals surface area contributed by atoms with E-state index in [1.807, 2.05) is 13.0 Å². The summed E-state index contributed by atoms with van der Waals surface area (Å²) >= 11 is 1.59. The average Bonchev–Trinajstić information content (AvgIpc) is 2.97. The second-order valence-electron chi connectivity index (χ2n) is 9.28. The van der Waals surface area contributed by atoms with Gasteiger partial charge in [-0.2, -0.15) is 4.31 Å². The summed E-state index contributed by atoms with van der Waals surface area (Å²) in [5, 5.41) is 2.89. The van der Waals surface area contributed by atoms with Gasteiger partial charge < -0.3 is 15.0 Å². The van der Waals surface area contributed by atoms with Crippen molar-refractivity contribution in [1.82, 2.24) is 14.1 Å². The minimum Gasteiger partial charge on any atom is -0.379 e. The summed E-state index contributed by atoms with van der Waals surface area (Å²) in [6.45, 7) is 8.74. The number of hydrogen-bond donors (Lipinski definition) is 1. The maximum atomic E-state index is 13.3. The molecule has 8 nitrogen and oxygen atoms in total. The van der Waals surface area contributed by atoms with Crippen molar-refractivity contribution in [2.75, 3.05) is 70.6 Å². The van der Waals surface area contributed by atoms with Crippen LogP contribution in [-0.4, -0.2) is 99.8 Å². The Labute approximate surface area is 202 Å². The molecule has 0 aromatic heterocycles. The molecule has 33 heavy (non-hydrogen) atoms. The van der Waals surface area contributed by atoms with Crippen molar-refractivity contribution in [3.05, 3.63) is 18.2 Å². The molecule has 1 unspecified atom stereocenters. The smallest absolute Gasteiger partial charge is 0.243 e. The van der Waals surface area contributed by atoms with E-state index in [2.05, 4.69) is 22.2 Å². The average molecular weight is 497 g/mol. The van der Waals surface area contributed by atoms with Gasteiger partial charge in [-0.05, 0) is 57.6 Å². The van der Waals surface area contributed by atoms with Crippen LogP contribution < -0.4 is 5.32 Å². The Morgan fingerprint density at radius 3 is 2.64 bits per heavy atom. The number of anilines is 1. The van der Waals surface area contributed by atoms with Crippen LogP contribution in [0.4, 0.5) is 5.69 Å². The molecule has 1 amide bonds. The minimum atomic E-state index is -3.58. The molecule has 1 N–H and O–H groups in total. The lowest BCUT2D eigenvalue weighted by molar-refractivity contribution is -0.118. The van der Waals surface area contributed by atoms with Gasteiger partial charge in [-0.3, -0.25) is 9.69 Å². The Hall–Kier alpha value is -1.17. The van der Waals surface area contributed by atoms with Gasteiger partial charge in [0.1, 0.15) is 0 Å². The van der Waals surface area contributed by atoms with Crippen LogP contribution in [0.15, 0.2) is 28.0 Å². The van der Waals surface area contributed by atoms with Gasteiger partial charge in [0, 0.05) is 48.8 Å². The first kappa shape index (κ1) is 24.9. The highest BCUT2D eigenvalue weighted by atomic mass is 32.2. The topological polar surface area (TPSA) is 82.2 Å². The van der Waals surface area contributed by atoms with Crippen molar-refractivity contribution < 1.29 is 17.9 Å². The molecule has 184 valence electrons. The van der Waals surface area contributed by atoms with Crippen LogP contribution in [0.1, 0.15) is 26.2 Å². The molecule has 4 rings (SSSR count). The van der Waals surface area contributed by atoms with Crippen molar-refractivity contribution in [2.24, 2.45) is 5.92 Å². The standard InChI is InChI=1S/C23H36N4O4S2/c1-18-17-32-22-5-4-20(16-21(22)24-23(18)28)33(29,30)27-10-6-19(7-11-27)25(2)8-3-9-26-12-14-31-15-13-26/h4-5,16,18-19H,3,6-15,17H2,1-2H3,(H,24,28). The molecule has 3 aliphatic heterocycles.